The van der Waals surface area contributed by atoms with Gasteiger partial charge in [0.1, 0.15) is 5.75 Å². The zero-order chi connectivity index (χ0) is 22.2. The average molecular weight is 419 g/mol. The number of benzene rings is 1. The largest absolute Gasteiger partial charge is 0.508 e. The summed E-state index contributed by atoms with van der Waals surface area (Å²) in [6.07, 6.45) is 13.0. The molecule has 0 aliphatic heterocycles. The third-order valence-electron chi connectivity index (χ3n) is 5.08. The molecule has 0 saturated heterocycles. The second-order valence-electron chi connectivity index (χ2n) is 7.89. The first-order valence-corrected chi connectivity index (χ1v) is 11.2. The van der Waals surface area contributed by atoms with Crippen molar-refractivity contribution in [3.8, 4) is 5.75 Å². The molecule has 4 N–H and O–H groups in total. The molecule has 0 aliphatic carbocycles. The molecule has 1 aromatic carbocycles. The topological polar surface area (TPSA) is 98.0 Å². The molecule has 5 heteroatoms. The fourth-order valence-corrected chi connectivity index (χ4v) is 3.27. The van der Waals surface area contributed by atoms with Crippen molar-refractivity contribution in [2.75, 3.05) is 0 Å². The van der Waals surface area contributed by atoms with E-state index in [4.69, 9.17) is 5.11 Å². The van der Waals surface area contributed by atoms with Gasteiger partial charge in [0.25, 0.3) is 0 Å². The van der Waals surface area contributed by atoms with Crippen molar-refractivity contribution in [3.63, 3.8) is 0 Å². The number of hydrogen-bond donors (Lipinski definition) is 4. The molecule has 30 heavy (non-hydrogen) atoms. The Bertz CT molecular complexity index is 665. The molecule has 0 saturated carbocycles. The van der Waals surface area contributed by atoms with Crippen molar-refractivity contribution in [1.82, 2.24) is 0 Å². The number of unbranched alkanes of at least 4 members (excludes halogenated alkanes) is 6. The van der Waals surface area contributed by atoms with Crippen LogP contribution in [0.25, 0.3) is 0 Å². The molecule has 0 heterocycles. The van der Waals surface area contributed by atoms with Gasteiger partial charge in [-0.05, 0) is 55.4 Å². The van der Waals surface area contributed by atoms with Gasteiger partial charge in [0.2, 0.25) is 0 Å². The van der Waals surface area contributed by atoms with Gasteiger partial charge >= 0.3 is 5.97 Å². The minimum atomic E-state index is -0.890. The summed E-state index contributed by atoms with van der Waals surface area (Å²) in [5, 5.41) is 38.6. The molecular weight excluding hydrogens is 380 g/mol. The minimum absolute atomic E-state index is 0.229. The van der Waals surface area contributed by atoms with Crippen LogP contribution in [0.4, 0.5) is 0 Å². The van der Waals surface area contributed by atoms with Crippen LogP contribution in [-0.4, -0.2) is 38.6 Å². The first-order valence-electron chi connectivity index (χ1n) is 11.2. The Morgan fingerprint density at radius 1 is 1.07 bits per heavy atom. The molecule has 1 aromatic rings. The number of hydrogen-bond acceptors (Lipinski definition) is 4. The van der Waals surface area contributed by atoms with E-state index in [1.807, 2.05) is 18.2 Å². The predicted octanol–water partition coefficient (Wildman–Crippen LogP) is 5.14. The first-order chi connectivity index (χ1) is 14.4. The zero-order valence-corrected chi connectivity index (χ0v) is 18.2. The molecular formula is C25H38O5. The van der Waals surface area contributed by atoms with Crippen LogP contribution in [0.3, 0.4) is 0 Å². The Labute approximate surface area is 180 Å². The molecule has 0 fully saturated rings. The zero-order valence-electron chi connectivity index (χ0n) is 18.2. The molecule has 168 valence electrons. The van der Waals surface area contributed by atoms with E-state index < -0.39 is 18.2 Å². The van der Waals surface area contributed by atoms with Crippen LogP contribution in [0, 0.1) is 0 Å². The summed E-state index contributed by atoms with van der Waals surface area (Å²) in [5.74, 6) is -0.504. The van der Waals surface area contributed by atoms with Gasteiger partial charge in [-0.3, -0.25) is 4.79 Å². The van der Waals surface area contributed by atoms with E-state index in [1.165, 1.54) is 0 Å². The van der Waals surface area contributed by atoms with Gasteiger partial charge in [0, 0.05) is 6.42 Å². The Morgan fingerprint density at radius 3 is 2.50 bits per heavy atom. The lowest BCUT2D eigenvalue weighted by Gasteiger charge is -2.14. The van der Waals surface area contributed by atoms with Crippen LogP contribution in [0.15, 0.2) is 48.1 Å². The predicted molar refractivity (Wildman–Crippen MR) is 121 cm³/mol. The lowest BCUT2D eigenvalue weighted by atomic mass is 10.00. The Morgan fingerprint density at radius 2 is 1.80 bits per heavy atom. The molecule has 0 aliphatic rings. The second-order valence-corrected chi connectivity index (χ2v) is 7.89. The number of carboxylic acids is 1. The fraction of sp³-hybridized carbons (Fsp3) is 0.560. The third kappa shape index (κ3) is 12.5. The number of phenolic OH excluding ortho intramolecular Hbond substituents is 1. The highest BCUT2D eigenvalue weighted by Gasteiger charge is 2.12. The first kappa shape index (κ1) is 25.9. The number of aromatic hydroxyl groups is 1. The van der Waals surface area contributed by atoms with E-state index in [0.717, 1.165) is 62.5 Å². The number of aliphatic hydroxyl groups excluding tert-OH is 2. The molecule has 0 unspecified atom stereocenters. The second kappa shape index (κ2) is 15.7. The molecule has 2 atom stereocenters. The summed E-state index contributed by atoms with van der Waals surface area (Å²) in [6.45, 7) is 2.05. The quantitative estimate of drug-likeness (QED) is 0.220. The Balaban J connectivity index is 2.60. The average Bonchev–Trinajstić information content (AvgIpc) is 2.71. The number of rotatable bonds is 16. The number of allylic oxidation sites excluding steroid dienone is 3. The van der Waals surface area contributed by atoms with E-state index >= 15 is 0 Å². The van der Waals surface area contributed by atoms with Gasteiger partial charge in [0.15, 0.2) is 0 Å². The van der Waals surface area contributed by atoms with Crippen molar-refractivity contribution < 1.29 is 25.2 Å². The van der Waals surface area contributed by atoms with Crippen molar-refractivity contribution in [2.45, 2.75) is 89.8 Å². The fourth-order valence-electron chi connectivity index (χ4n) is 3.27. The van der Waals surface area contributed by atoms with Crippen LogP contribution in [0.2, 0.25) is 0 Å². The van der Waals surface area contributed by atoms with Crippen molar-refractivity contribution >= 4 is 5.97 Å². The molecule has 0 amide bonds. The molecule has 1 rings (SSSR count). The number of phenols is 1. The smallest absolute Gasteiger partial charge is 0.303 e. The molecule has 0 spiro atoms. The Hall–Kier alpha value is -2.11. The molecule has 0 aromatic heterocycles. The lowest BCUT2D eigenvalue weighted by Crippen LogP contribution is -2.23. The lowest BCUT2D eigenvalue weighted by molar-refractivity contribution is -0.137. The number of carbonyl (C=O) groups is 1. The highest BCUT2D eigenvalue weighted by atomic mass is 16.4. The highest BCUT2D eigenvalue weighted by Crippen LogP contribution is 2.18. The highest BCUT2D eigenvalue weighted by molar-refractivity contribution is 5.66. The van der Waals surface area contributed by atoms with Gasteiger partial charge in [0.05, 0.1) is 12.2 Å². The number of carboxylic acid groups (broad SMARTS) is 1. The van der Waals surface area contributed by atoms with E-state index in [2.05, 4.69) is 13.0 Å². The normalized spacial score (nSPS) is 14.2. The minimum Gasteiger partial charge on any atom is -0.508 e. The van der Waals surface area contributed by atoms with Crippen LogP contribution >= 0.6 is 0 Å². The van der Waals surface area contributed by atoms with E-state index in [1.54, 1.807) is 18.2 Å². The van der Waals surface area contributed by atoms with Crippen LogP contribution in [0.5, 0.6) is 5.75 Å². The van der Waals surface area contributed by atoms with E-state index in [0.29, 0.717) is 12.8 Å². The van der Waals surface area contributed by atoms with Gasteiger partial charge < -0.3 is 20.4 Å². The summed E-state index contributed by atoms with van der Waals surface area (Å²) in [4.78, 5) is 10.5. The van der Waals surface area contributed by atoms with Crippen LogP contribution < -0.4 is 0 Å². The van der Waals surface area contributed by atoms with Crippen molar-refractivity contribution in [2.24, 2.45) is 0 Å². The van der Waals surface area contributed by atoms with E-state index in [9.17, 15) is 20.1 Å². The Kier molecular flexibility index (Phi) is 13.6. The van der Waals surface area contributed by atoms with Crippen molar-refractivity contribution in [1.29, 1.82) is 0 Å². The third-order valence-corrected chi connectivity index (χ3v) is 5.08. The molecule has 0 radical (unpaired) electrons. The standard InChI is InChI=1S/C25H38O5/c1-2-3-14-23(27)24(28)17-16-20(18-21-12-10-13-22(26)19-21)11-8-6-4-5-7-9-15-25(29)30/h10-13,16-17,19,23-24,26-28H,2-9,14-15,18H2,1H3,(H,29,30)/t23-,24+/m0/s1. The molecule has 0 bridgehead atoms. The van der Waals surface area contributed by atoms with Gasteiger partial charge in [-0.2, -0.15) is 0 Å². The molecule has 5 nitrogen and oxygen atoms in total. The van der Waals surface area contributed by atoms with Gasteiger partial charge in [-0.1, -0.05) is 69.4 Å². The summed E-state index contributed by atoms with van der Waals surface area (Å²) >= 11 is 0. The number of aliphatic hydroxyl groups is 2. The maximum atomic E-state index is 10.5. The van der Waals surface area contributed by atoms with Crippen molar-refractivity contribution in [3.05, 3.63) is 53.6 Å². The van der Waals surface area contributed by atoms with Gasteiger partial charge in [-0.15, -0.1) is 0 Å². The summed E-state index contributed by atoms with van der Waals surface area (Å²) in [6, 6.07) is 7.14. The summed E-state index contributed by atoms with van der Waals surface area (Å²) < 4.78 is 0. The SMILES string of the molecule is CCCC[C@H](O)[C@H](O)C=CC(=CCCCCCCCC(=O)O)Cc1cccc(O)c1. The van der Waals surface area contributed by atoms with Crippen LogP contribution in [0.1, 0.15) is 76.7 Å². The summed E-state index contributed by atoms with van der Waals surface area (Å²) in [5.41, 5.74) is 2.02. The maximum absolute atomic E-state index is 10.5. The monoisotopic (exact) mass is 418 g/mol. The number of aliphatic carboxylic acids is 1. The van der Waals surface area contributed by atoms with Crippen LogP contribution in [-0.2, 0) is 11.2 Å². The van der Waals surface area contributed by atoms with Gasteiger partial charge in [-0.25, -0.2) is 0 Å². The maximum Gasteiger partial charge on any atom is 0.303 e. The summed E-state index contributed by atoms with van der Waals surface area (Å²) in [7, 11) is 0. The van der Waals surface area contributed by atoms with E-state index in [-0.39, 0.29) is 12.2 Å².